The molecule has 1 saturated heterocycles. The average Bonchev–Trinajstić information content (AvgIpc) is 2.41. The molecule has 0 amide bonds. The molecule has 0 radical (unpaired) electrons. The second kappa shape index (κ2) is 7.38. The predicted octanol–water partition coefficient (Wildman–Crippen LogP) is 3.27. The van der Waals surface area contributed by atoms with Crippen LogP contribution in [-0.2, 0) is 0 Å². The van der Waals surface area contributed by atoms with Crippen LogP contribution in [0, 0.1) is 5.92 Å². The van der Waals surface area contributed by atoms with E-state index < -0.39 is 0 Å². The molecule has 0 aromatic heterocycles. The van der Waals surface area contributed by atoms with Gasteiger partial charge in [-0.05, 0) is 65.5 Å². The quantitative estimate of drug-likeness (QED) is 0.793. The van der Waals surface area contributed by atoms with Crippen LogP contribution in [0.2, 0.25) is 0 Å². The highest BCUT2D eigenvalue weighted by Crippen LogP contribution is 2.15. The van der Waals surface area contributed by atoms with Crippen LogP contribution < -0.4 is 5.32 Å². The van der Waals surface area contributed by atoms with Crippen LogP contribution in [0.15, 0.2) is 0 Å². The second-order valence-corrected chi connectivity index (χ2v) is 6.45. The third-order valence-electron chi connectivity index (χ3n) is 3.84. The number of nitrogens with one attached hydrogen (secondary N) is 1. The SMILES string of the molecule is CC(C)CC(C)NC1CCCN(C(C)C)CC1. The highest BCUT2D eigenvalue weighted by atomic mass is 15.1. The molecule has 2 nitrogen and oxygen atoms in total. The molecule has 2 atom stereocenters. The molecule has 1 fully saturated rings. The molecule has 2 unspecified atom stereocenters. The molecule has 1 rings (SSSR count). The maximum Gasteiger partial charge on any atom is 0.00821 e. The minimum Gasteiger partial charge on any atom is -0.311 e. The molecule has 1 aliphatic heterocycles. The summed E-state index contributed by atoms with van der Waals surface area (Å²) in [6.07, 6.45) is 5.32. The van der Waals surface area contributed by atoms with Gasteiger partial charge in [-0.25, -0.2) is 0 Å². The lowest BCUT2D eigenvalue weighted by Crippen LogP contribution is -2.38. The van der Waals surface area contributed by atoms with E-state index in [0.29, 0.717) is 12.1 Å². The maximum absolute atomic E-state index is 3.82. The Balaban J connectivity index is 2.31. The Hall–Kier alpha value is -0.0800. The van der Waals surface area contributed by atoms with Gasteiger partial charge in [0.2, 0.25) is 0 Å². The molecule has 1 N–H and O–H groups in total. The Morgan fingerprint density at radius 1 is 1.06 bits per heavy atom. The summed E-state index contributed by atoms with van der Waals surface area (Å²) in [6, 6.07) is 2.12. The predicted molar refractivity (Wildman–Crippen MR) is 76.4 cm³/mol. The van der Waals surface area contributed by atoms with Crippen molar-refractivity contribution in [3.05, 3.63) is 0 Å². The highest BCUT2D eigenvalue weighted by molar-refractivity contribution is 4.78. The van der Waals surface area contributed by atoms with Crippen LogP contribution in [-0.4, -0.2) is 36.1 Å². The van der Waals surface area contributed by atoms with E-state index in [4.69, 9.17) is 0 Å². The molecule has 0 saturated carbocycles. The summed E-state index contributed by atoms with van der Waals surface area (Å²) in [4.78, 5) is 2.62. The number of hydrogen-bond acceptors (Lipinski definition) is 2. The van der Waals surface area contributed by atoms with E-state index in [1.807, 2.05) is 0 Å². The van der Waals surface area contributed by atoms with Crippen LogP contribution >= 0.6 is 0 Å². The molecule has 0 aliphatic carbocycles. The van der Waals surface area contributed by atoms with Crippen LogP contribution in [0.1, 0.15) is 60.3 Å². The Bertz CT molecular complexity index is 201. The third-order valence-corrected chi connectivity index (χ3v) is 3.84. The van der Waals surface area contributed by atoms with Gasteiger partial charge in [-0.15, -0.1) is 0 Å². The first-order valence-corrected chi connectivity index (χ1v) is 7.49. The molecule has 0 aromatic rings. The summed E-state index contributed by atoms with van der Waals surface area (Å²) < 4.78 is 0. The van der Waals surface area contributed by atoms with Gasteiger partial charge in [0.25, 0.3) is 0 Å². The fraction of sp³-hybridized carbons (Fsp3) is 1.00. The van der Waals surface area contributed by atoms with Crippen molar-refractivity contribution in [1.82, 2.24) is 10.2 Å². The van der Waals surface area contributed by atoms with Crippen LogP contribution in [0.25, 0.3) is 0 Å². The van der Waals surface area contributed by atoms with Gasteiger partial charge in [0.15, 0.2) is 0 Å². The second-order valence-electron chi connectivity index (χ2n) is 6.45. The van der Waals surface area contributed by atoms with Crippen molar-refractivity contribution in [2.45, 2.75) is 78.4 Å². The normalized spacial score (nSPS) is 25.2. The summed E-state index contributed by atoms with van der Waals surface area (Å²) in [5.74, 6) is 0.801. The van der Waals surface area contributed by atoms with E-state index in [1.165, 1.54) is 38.8 Å². The van der Waals surface area contributed by atoms with E-state index in [9.17, 15) is 0 Å². The van der Waals surface area contributed by atoms with Gasteiger partial charge in [0.1, 0.15) is 0 Å². The zero-order valence-electron chi connectivity index (χ0n) is 12.5. The molecule has 0 spiro atoms. The van der Waals surface area contributed by atoms with Gasteiger partial charge in [0.05, 0.1) is 0 Å². The summed E-state index contributed by atoms with van der Waals surface area (Å²) in [7, 11) is 0. The average molecular weight is 240 g/mol. The molecule has 0 aromatic carbocycles. The van der Waals surface area contributed by atoms with Crippen molar-refractivity contribution in [2.24, 2.45) is 5.92 Å². The lowest BCUT2D eigenvalue weighted by molar-refractivity contribution is 0.228. The standard InChI is InChI=1S/C15H32N2/c1-12(2)11-14(5)16-15-7-6-9-17(10-8-15)13(3)4/h12-16H,6-11H2,1-5H3. The van der Waals surface area contributed by atoms with Crippen molar-refractivity contribution in [1.29, 1.82) is 0 Å². The smallest absolute Gasteiger partial charge is 0.00821 e. The Kier molecular flexibility index (Phi) is 6.50. The van der Waals surface area contributed by atoms with Crippen molar-refractivity contribution in [2.75, 3.05) is 13.1 Å². The topological polar surface area (TPSA) is 15.3 Å². The van der Waals surface area contributed by atoms with Crippen molar-refractivity contribution < 1.29 is 0 Å². The van der Waals surface area contributed by atoms with Gasteiger partial charge in [0, 0.05) is 18.1 Å². The molecule has 102 valence electrons. The Morgan fingerprint density at radius 3 is 2.35 bits per heavy atom. The van der Waals surface area contributed by atoms with E-state index in [-0.39, 0.29) is 0 Å². The molecule has 1 aliphatic rings. The zero-order valence-corrected chi connectivity index (χ0v) is 12.5. The van der Waals surface area contributed by atoms with Gasteiger partial charge in [-0.2, -0.15) is 0 Å². The molecule has 17 heavy (non-hydrogen) atoms. The van der Waals surface area contributed by atoms with Gasteiger partial charge >= 0.3 is 0 Å². The minimum atomic E-state index is 0.672. The van der Waals surface area contributed by atoms with E-state index in [2.05, 4.69) is 44.8 Å². The number of hydrogen-bond donors (Lipinski definition) is 1. The van der Waals surface area contributed by atoms with Crippen molar-refractivity contribution >= 4 is 0 Å². The monoisotopic (exact) mass is 240 g/mol. The summed E-state index contributed by atoms with van der Waals surface area (Å²) in [6.45, 7) is 14.1. The van der Waals surface area contributed by atoms with Crippen LogP contribution in [0.5, 0.6) is 0 Å². The van der Waals surface area contributed by atoms with E-state index in [0.717, 1.165) is 12.0 Å². The van der Waals surface area contributed by atoms with Gasteiger partial charge in [-0.3, -0.25) is 0 Å². The third kappa shape index (κ3) is 5.87. The molecule has 1 heterocycles. The van der Waals surface area contributed by atoms with Crippen molar-refractivity contribution in [3.8, 4) is 0 Å². The largest absolute Gasteiger partial charge is 0.311 e. The molecule has 2 heteroatoms. The van der Waals surface area contributed by atoms with Gasteiger partial charge < -0.3 is 10.2 Å². The first kappa shape index (κ1) is 15.0. The zero-order chi connectivity index (χ0) is 12.8. The minimum absolute atomic E-state index is 0.672. The highest BCUT2D eigenvalue weighted by Gasteiger charge is 2.19. The Morgan fingerprint density at radius 2 is 1.76 bits per heavy atom. The lowest BCUT2D eigenvalue weighted by Gasteiger charge is -2.25. The summed E-state index contributed by atoms with van der Waals surface area (Å²) in [5.41, 5.74) is 0. The number of rotatable bonds is 5. The molecular formula is C15H32N2. The summed E-state index contributed by atoms with van der Waals surface area (Å²) in [5, 5.41) is 3.82. The first-order chi connectivity index (χ1) is 7.99. The number of likely N-dealkylation sites (tertiary alicyclic amines) is 1. The fourth-order valence-electron chi connectivity index (χ4n) is 2.98. The fourth-order valence-corrected chi connectivity index (χ4v) is 2.98. The number of nitrogens with zero attached hydrogens (tertiary/aromatic N) is 1. The van der Waals surface area contributed by atoms with E-state index in [1.54, 1.807) is 0 Å². The summed E-state index contributed by atoms with van der Waals surface area (Å²) >= 11 is 0. The Labute approximate surface area is 108 Å². The first-order valence-electron chi connectivity index (χ1n) is 7.49. The van der Waals surface area contributed by atoms with Crippen LogP contribution in [0.3, 0.4) is 0 Å². The maximum atomic E-state index is 3.82. The van der Waals surface area contributed by atoms with Gasteiger partial charge in [-0.1, -0.05) is 13.8 Å². The molecule has 0 bridgehead atoms. The van der Waals surface area contributed by atoms with Crippen LogP contribution in [0.4, 0.5) is 0 Å². The lowest BCUT2D eigenvalue weighted by atomic mass is 10.0. The van der Waals surface area contributed by atoms with Crippen molar-refractivity contribution in [3.63, 3.8) is 0 Å². The van der Waals surface area contributed by atoms with E-state index >= 15 is 0 Å². The molecular weight excluding hydrogens is 208 g/mol.